The molecule has 1 radical (unpaired) electrons. The maximum Gasteiger partial charge on any atom is 0.150 e. The van der Waals surface area contributed by atoms with Gasteiger partial charge in [0.05, 0.1) is 6.07 Å². The number of hydrogen-bond donors (Lipinski definition) is 0. The van der Waals surface area contributed by atoms with Gasteiger partial charge in [-0.2, -0.15) is 5.26 Å². The first kappa shape index (κ1) is 7.88. The van der Waals surface area contributed by atoms with Gasteiger partial charge in [0.15, 0.2) is 0 Å². The van der Waals surface area contributed by atoms with Gasteiger partial charge in [0.2, 0.25) is 0 Å². The SMILES string of the molecule is C[B]c1cccc(C)c1C#N. The summed E-state index contributed by atoms with van der Waals surface area (Å²) in [5, 5.41) is 8.76. The Balaban J connectivity index is 3.27. The summed E-state index contributed by atoms with van der Waals surface area (Å²) in [5.74, 6) is 0. The van der Waals surface area contributed by atoms with Crippen LogP contribution in [0.5, 0.6) is 0 Å². The molecule has 11 heavy (non-hydrogen) atoms. The molecule has 0 N–H and O–H groups in total. The van der Waals surface area contributed by atoms with Crippen molar-refractivity contribution in [3.05, 3.63) is 29.3 Å². The van der Waals surface area contributed by atoms with Gasteiger partial charge in [0.1, 0.15) is 7.28 Å². The fraction of sp³-hybridized carbons (Fsp3) is 0.222. The summed E-state index contributed by atoms with van der Waals surface area (Å²) in [5.41, 5.74) is 2.85. The zero-order valence-corrected chi connectivity index (χ0v) is 6.76. The topological polar surface area (TPSA) is 23.8 Å². The highest BCUT2D eigenvalue weighted by molar-refractivity contribution is 6.52. The van der Waals surface area contributed by atoms with Gasteiger partial charge in [-0.25, -0.2) is 0 Å². The maximum absolute atomic E-state index is 8.76. The Labute approximate surface area is 67.9 Å². The lowest BCUT2D eigenvalue weighted by Crippen LogP contribution is -2.15. The van der Waals surface area contributed by atoms with Crippen molar-refractivity contribution < 1.29 is 0 Å². The van der Waals surface area contributed by atoms with Gasteiger partial charge < -0.3 is 0 Å². The van der Waals surface area contributed by atoms with Crippen LogP contribution in [0.3, 0.4) is 0 Å². The molecule has 0 atom stereocenters. The summed E-state index contributed by atoms with van der Waals surface area (Å²) in [4.78, 5) is 0. The standard InChI is InChI=1S/C9H9BN/c1-7-4-3-5-9(10-2)8(7)6-11/h3-5H,1-2H3. The minimum Gasteiger partial charge on any atom is -0.192 e. The Morgan fingerprint density at radius 1 is 1.45 bits per heavy atom. The van der Waals surface area contributed by atoms with Gasteiger partial charge in [0, 0.05) is 5.56 Å². The van der Waals surface area contributed by atoms with Crippen molar-refractivity contribution in [1.82, 2.24) is 0 Å². The second-order valence-electron chi connectivity index (χ2n) is 2.44. The molecule has 0 spiro atoms. The number of hydrogen-bond acceptors (Lipinski definition) is 1. The van der Waals surface area contributed by atoms with E-state index in [-0.39, 0.29) is 0 Å². The average molecular weight is 142 g/mol. The van der Waals surface area contributed by atoms with Crippen molar-refractivity contribution in [2.24, 2.45) is 0 Å². The monoisotopic (exact) mass is 142 g/mol. The molecule has 0 heterocycles. The van der Waals surface area contributed by atoms with Gasteiger partial charge in [-0.3, -0.25) is 0 Å². The predicted octanol–water partition coefficient (Wildman–Crippen LogP) is 1.24. The van der Waals surface area contributed by atoms with Crippen molar-refractivity contribution >= 4 is 12.7 Å². The second-order valence-corrected chi connectivity index (χ2v) is 2.44. The molecule has 1 rings (SSSR count). The first-order valence-electron chi connectivity index (χ1n) is 3.58. The molecule has 0 fully saturated rings. The van der Waals surface area contributed by atoms with Crippen LogP contribution in [0.15, 0.2) is 18.2 Å². The van der Waals surface area contributed by atoms with E-state index in [9.17, 15) is 0 Å². The minimum absolute atomic E-state index is 0.787. The molecule has 1 nitrogen and oxygen atoms in total. The van der Waals surface area contributed by atoms with Gasteiger partial charge in [0.25, 0.3) is 0 Å². The first-order valence-corrected chi connectivity index (χ1v) is 3.58. The fourth-order valence-electron chi connectivity index (χ4n) is 1.08. The number of nitriles is 1. The van der Waals surface area contributed by atoms with Crippen molar-refractivity contribution in [3.8, 4) is 6.07 Å². The lowest BCUT2D eigenvalue weighted by molar-refractivity contribution is 1.41. The van der Waals surface area contributed by atoms with E-state index in [1.165, 1.54) is 0 Å². The normalized spacial score (nSPS) is 8.82. The summed E-state index contributed by atoms with van der Waals surface area (Å²) in [6.45, 7) is 3.89. The van der Waals surface area contributed by atoms with Crippen molar-refractivity contribution in [2.45, 2.75) is 13.7 Å². The highest BCUT2D eigenvalue weighted by Gasteiger charge is 2.01. The number of aryl methyl sites for hydroxylation is 1. The lowest BCUT2D eigenvalue weighted by Gasteiger charge is -2.01. The van der Waals surface area contributed by atoms with Gasteiger partial charge >= 0.3 is 0 Å². The van der Waals surface area contributed by atoms with Gasteiger partial charge in [-0.05, 0) is 12.5 Å². The summed E-state index contributed by atoms with van der Waals surface area (Å²) in [6, 6.07) is 8.05. The van der Waals surface area contributed by atoms with Crippen molar-refractivity contribution in [2.75, 3.05) is 0 Å². The largest absolute Gasteiger partial charge is 0.192 e. The van der Waals surface area contributed by atoms with E-state index in [2.05, 4.69) is 6.07 Å². The molecule has 0 aliphatic heterocycles. The van der Waals surface area contributed by atoms with E-state index >= 15 is 0 Å². The molecule has 0 saturated carbocycles. The maximum atomic E-state index is 8.76. The Morgan fingerprint density at radius 2 is 2.18 bits per heavy atom. The van der Waals surface area contributed by atoms with Crippen LogP contribution in [0.25, 0.3) is 0 Å². The van der Waals surface area contributed by atoms with Crippen LogP contribution < -0.4 is 5.46 Å². The highest BCUT2D eigenvalue weighted by Crippen LogP contribution is 2.01. The molecule has 53 valence electrons. The van der Waals surface area contributed by atoms with Crippen LogP contribution in [0, 0.1) is 18.3 Å². The van der Waals surface area contributed by atoms with E-state index in [0.29, 0.717) is 0 Å². The van der Waals surface area contributed by atoms with Crippen LogP contribution in [0.1, 0.15) is 11.1 Å². The smallest absolute Gasteiger partial charge is 0.150 e. The van der Waals surface area contributed by atoms with Crippen molar-refractivity contribution in [3.63, 3.8) is 0 Å². The third-order valence-electron chi connectivity index (χ3n) is 1.73. The third-order valence-corrected chi connectivity index (χ3v) is 1.73. The van der Waals surface area contributed by atoms with E-state index in [0.717, 1.165) is 16.6 Å². The lowest BCUT2D eigenvalue weighted by atomic mass is 9.70. The van der Waals surface area contributed by atoms with Gasteiger partial charge in [-0.15, -0.1) is 0 Å². The molecular formula is C9H9BN. The zero-order chi connectivity index (χ0) is 8.27. The van der Waals surface area contributed by atoms with E-state index in [1.54, 1.807) is 0 Å². The Hall–Kier alpha value is -1.23. The molecule has 0 aliphatic carbocycles. The Bertz CT molecular complexity index is 299. The van der Waals surface area contributed by atoms with Gasteiger partial charge in [-0.1, -0.05) is 30.5 Å². The molecule has 0 saturated heterocycles. The van der Waals surface area contributed by atoms with Crippen LogP contribution in [-0.4, -0.2) is 7.28 Å². The van der Waals surface area contributed by atoms with E-state index in [1.807, 2.05) is 39.2 Å². The number of benzene rings is 1. The Morgan fingerprint density at radius 3 is 2.64 bits per heavy atom. The third kappa shape index (κ3) is 1.43. The van der Waals surface area contributed by atoms with Crippen LogP contribution in [-0.2, 0) is 0 Å². The van der Waals surface area contributed by atoms with E-state index < -0.39 is 0 Å². The van der Waals surface area contributed by atoms with Crippen LogP contribution in [0.4, 0.5) is 0 Å². The molecule has 0 amide bonds. The number of nitrogens with zero attached hydrogens (tertiary/aromatic N) is 1. The molecule has 0 unspecified atom stereocenters. The van der Waals surface area contributed by atoms with E-state index in [4.69, 9.17) is 5.26 Å². The molecular weight excluding hydrogens is 133 g/mol. The first-order chi connectivity index (χ1) is 5.29. The summed E-state index contributed by atoms with van der Waals surface area (Å²) in [7, 11) is 1.95. The summed E-state index contributed by atoms with van der Waals surface area (Å²) in [6.07, 6.45) is 0. The number of rotatable bonds is 1. The quantitative estimate of drug-likeness (QED) is 0.541. The summed E-state index contributed by atoms with van der Waals surface area (Å²) >= 11 is 0. The molecule has 2 heteroatoms. The van der Waals surface area contributed by atoms with Crippen molar-refractivity contribution in [1.29, 1.82) is 5.26 Å². The van der Waals surface area contributed by atoms with Crippen LogP contribution in [0.2, 0.25) is 6.82 Å². The highest BCUT2D eigenvalue weighted by atomic mass is 14.2. The molecule has 0 aromatic heterocycles. The minimum atomic E-state index is 0.787. The zero-order valence-electron chi connectivity index (χ0n) is 6.76. The summed E-state index contributed by atoms with van der Waals surface area (Å²) < 4.78 is 0. The fourth-order valence-corrected chi connectivity index (χ4v) is 1.08. The molecule has 0 bridgehead atoms. The average Bonchev–Trinajstić information content (AvgIpc) is 2.04. The molecule has 1 aromatic carbocycles. The van der Waals surface area contributed by atoms with Crippen LogP contribution >= 0.6 is 0 Å². The predicted molar refractivity (Wildman–Crippen MR) is 47.1 cm³/mol. The molecule has 1 aromatic rings. The molecule has 0 aliphatic rings. The Kier molecular flexibility index (Phi) is 2.33. The second kappa shape index (κ2) is 3.25.